The number of morpholine rings is 1. The largest absolute Gasteiger partial charge is 0.378 e. The lowest BCUT2D eigenvalue weighted by molar-refractivity contribution is 0.122. The maximum atomic E-state index is 5.40. The molecule has 0 bridgehead atoms. The summed E-state index contributed by atoms with van der Waals surface area (Å²) in [6.07, 6.45) is 1.69. The first kappa shape index (κ1) is 17.6. The minimum absolute atomic E-state index is 0.426. The highest BCUT2D eigenvalue weighted by Crippen LogP contribution is 2.34. The second-order valence-corrected chi connectivity index (χ2v) is 6.99. The average Bonchev–Trinajstić information content (AvgIpc) is 2.62. The molecule has 1 aliphatic heterocycles. The zero-order valence-corrected chi connectivity index (χ0v) is 15.5. The van der Waals surface area contributed by atoms with E-state index in [1.807, 2.05) is 0 Å². The Balaban J connectivity index is 1.92. The summed E-state index contributed by atoms with van der Waals surface area (Å²) in [6.45, 7) is 11.8. The molecule has 6 nitrogen and oxygen atoms in total. The Labute approximate surface area is 149 Å². The highest BCUT2D eigenvalue weighted by Gasteiger charge is 2.17. The van der Waals surface area contributed by atoms with Crippen LogP contribution >= 0.6 is 0 Å². The molecule has 0 saturated carbocycles. The van der Waals surface area contributed by atoms with Gasteiger partial charge in [-0.25, -0.2) is 0 Å². The molecule has 0 atom stereocenters. The van der Waals surface area contributed by atoms with E-state index in [4.69, 9.17) is 4.74 Å². The maximum Gasteiger partial charge on any atom is 0.247 e. The number of rotatable bonds is 5. The number of hydrogen-bond acceptors (Lipinski definition) is 6. The van der Waals surface area contributed by atoms with Gasteiger partial charge in [0.2, 0.25) is 5.95 Å². The molecule has 1 N–H and O–H groups in total. The zero-order chi connectivity index (χ0) is 17.8. The SMILES string of the molecule is CC(C)c1cccc(C(C)C)c1Nc1cnnc(N2CCOCC2)n1. The molecular formula is C19H27N5O. The predicted molar refractivity (Wildman–Crippen MR) is 101 cm³/mol. The lowest BCUT2D eigenvalue weighted by atomic mass is 9.92. The fraction of sp³-hybridized carbons (Fsp3) is 0.526. The van der Waals surface area contributed by atoms with Crippen LogP contribution in [0, 0.1) is 0 Å². The standard InChI is InChI=1S/C19H27N5O/c1-13(2)15-6-5-7-16(14(3)4)18(15)21-17-12-20-23-19(22-17)24-8-10-25-11-9-24/h5-7,12-14H,8-11H2,1-4H3,(H,21,22,23). The number of nitrogens with zero attached hydrogens (tertiary/aromatic N) is 4. The minimum Gasteiger partial charge on any atom is -0.378 e. The number of benzene rings is 1. The van der Waals surface area contributed by atoms with Crippen LogP contribution in [0.15, 0.2) is 24.4 Å². The van der Waals surface area contributed by atoms with Crippen LogP contribution in [-0.2, 0) is 4.74 Å². The van der Waals surface area contributed by atoms with Gasteiger partial charge in [0.05, 0.1) is 19.4 Å². The Morgan fingerprint density at radius 3 is 2.28 bits per heavy atom. The average molecular weight is 341 g/mol. The Hall–Kier alpha value is -2.21. The molecule has 1 saturated heterocycles. The molecule has 2 heterocycles. The van der Waals surface area contributed by atoms with E-state index in [1.165, 1.54) is 11.1 Å². The fourth-order valence-electron chi connectivity index (χ4n) is 3.08. The van der Waals surface area contributed by atoms with Crippen LogP contribution < -0.4 is 10.2 Å². The third-order valence-electron chi connectivity index (χ3n) is 4.47. The van der Waals surface area contributed by atoms with Gasteiger partial charge in [-0.15, -0.1) is 5.10 Å². The van der Waals surface area contributed by atoms with Gasteiger partial charge in [0.1, 0.15) is 0 Å². The summed E-state index contributed by atoms with van der Waals surface area (Å²) >= 11 is 0. The van der Waals surface area contributed by atoms with Crippen molar-refractivity contribution in [2.75, 3.05) is 36.5 Å². The molecule has 2 aromatic rings. The van der Waals surface area contributed by atoms with Crippen molar-refractivity contribution in [1.29, 1.82) is 0 Å². The quantitative estimate of drug-likeness (QED) is 0.895. The van der Waals surface area contributed by atoms with Gasteiger partial charge in [-0.05, 0) is 23.0 Å². The third-order valence-corrected chi connectivity index (χ3v) is 4.47. The lowest BCUT2D eigenvalue weighted by Crippen LogP contribution is -2.37. The molecule has 0 unspecified atom stereocenters. The van der Waals surface area contributed by atoms with E-state index < -0.39 is 0 Å². The van der Waals surface area contributed by atoms with E-state index in [1.54, 1.807) is 6.20 Å². The van der Waals surface area contributed by atoms with E-state index in [0.29, 0.717) is 31.0 Å². The minimum atomic E-state index is 0.426. The van der Waals surface area contributed by atoms with Crippen LogP contribution in [0.25, 0.3) is 0 Å². The van der Waals surface area contributed by atoms with Crippen LogP contribution in [0.5, 0.6) is 0 Å². The molecule has 1 aromatic carbocycles. The van der Waals surface area contributed by atoms with Crippen molar-refractivity contribution in [3.8, 4) is 0 Å². The Morgan fingerprint density at radius 1 is 1.04 bits per heavy atom. The van der Waals surface area contributed by atoms with Crippen LogP contribution in [0.4, 0.5) is 17.5 Å². The molecule has 0 spiro atoms. The third kappa shape index (κ3) is 4.07. The van der Waals surface area contributed by atoms with Crippen molar-refractivity contribution < 1.29 is 4.74 Å². The normalized spacial score (nSPS) is 15.0. The second kappa shape index (κ2) is 7.78. The first-order valence-electron chi connectivity index (χ1n) is 8.98. The summed E-state index contributed by atoms with van der Waals surface area (Å²) in [5.74, 6) is 2.23. The lowest BCUT2D eigenvalue weighted by Gasteiger charge is -2.26. The highest BCUT2D eigenvalue weighted by molar-refractivity contribution is 5.66. The Morgan fingerprint density at radius 2 is 1.68 bits per heavy atom. The van der Waals surface area contributed by atoms with Crippen molar-refractivity contribution in [3.63, 3.8) is 0 Å². The molecule has 0 amide bonds. The van der Waals surface area contributed by atoms with E-state index >= 15 is 0 Å². The highest BCUT2D eigenvalue weighted by atomic mass is 16.5. The molecule has 6 heteroatoms. The predicted octanol–water partition coefficient (Wildman–Crippen LogP) is 3.70. The van der Waals surface area contributed by atoms with Gasteiger partial charge in [0.15, 0.2) is 5.82 Å². The Bertz CT molecular complexity index is 684. The Kier molecular flexibility index (Phi) is 5.48. The van der Waals surface area contributed by atoms with Crippen molar-refractivity contribution >= 4 is 17.5 Å². The molecule has 0 aliphatic carbocycles. The number of ether oxygens (including phenoxy) is 1. The topological polar surface area (TPSA) is 63.2 Å². The molecule has 25 heavy (non-hydrogen) atoms. The summed E-state index contributed by atoms with van der Waals surface area (Å²) < 4.78 is 5.40. The second-order valence-electron chi connectivity index (χ2n) is 6.99. The van der Waals surface area contributed by atoms with Crippen LogP contribution in [0.1, 0.15) is 50.7 Å². The number of para-hydroxylation sites is 1. The van der Waals surface area contributed by atoms with E-state index in [0.717, 1.165) is 24.6 Å². The van der Waals surface area contributed by atoms with Gasteiger partial charge in [0.25, 0.3) is 0 Å². The summed E-state index contributed by atoms with van der Waals surface area (Å²) in [7, 11) is 0. The van der Waals surface area contributed by atoms with Crippen molar-refractivity contribution in [2.45, 2.75) is 39.5 Å². The summed E-state index contributed by atoms with van der Waals surface area (Å²) in [6, 6.07) is 6.49. The smallest absolute Gasteiger partial charge is 0.247 e. The first-order valence-corrected chi connectivity index (χ1v) is 8.98. The van der Waals surface area contributed by atoms with Gasteiger partial charge in [0, 0.05) is 18.8 Å². The van der Waals surface area contributed by atoms with E-state index in [9.17, 15) is 0 Å². The molecule has 1 aliphatic rings. The number of anilines is 3. The van der Waals surface area contributed by atoms with Crippen LogP contribution in [0.3, 0.4) is 0 Å². The van der Waals surface area contributed by atoms with Crippen LogP contribution in [-0.4, -0.2) is 41.5 Å². The van der Waals surface area contributed by atoms with Gasteiger partial charge >= 0.3 is 0 Å². The molecule has 1 fully saturated rings. The van der Waals surface area contributed by atoms with E-state index in [-0.39, 0.29) is 0 Å². The van der Waals surface area contributed by atoms with E-state index in [2.05, 4.69) is 71.3 Å². The molecule has 3 rings (SSSR count). The number of hydrogen-bond donors (Lipinski definition) is 1. The monoisotopic (exact) mass is 341 g/mol. The van der Waals surface area contributed by atoms with Gasteiger partial charge in [-0.1, -0.05) is 45.9 Å². The summed E-state index contributed by atoms with van der Waals surface area (Å²) in [5, 5.41) is 11.8. The first-order chi connectivity index (χ1) is 12.1. The summed E-state index contributed by atoms with van der Waals surface area (Å²) in [4.78, 5) is 6.79. The van der Waals surface area contributed by atoms with Gasteiger partial charge in [-0.3, -0.25) is 0 Å². The van der Waals surface area contributed by atoms with Crippen molar-refractivity contribution in [2.24, 2.45) is 0 Å². The van der Waals surface area contributed by atoms with Crippen LogP contribution in [0.2, 0.25) is 0 Å². The van der Waals surface area contributed by atoms with Crippen molar-refractivity contribution in [3.05, 3.63) is 35.5 Å². The van der Waals surface area contributed by atoms with Gasteiger partial charge < -0.3 is 15.0 Å². The van der Waals surface area contributed by atoms with Gasteiger partial charge in [-0.2, -0.15) is 10.1 Å². The molecular weight excluding hydrogens is 314 g/mol. The molecule has 134 valence electrons. The fourth-order valence-corrected chi connectivity index (χ4v) is 3.08. The zero-order valence-electron chi connectivity index (χ0n) is 15.5. The molecule has 0 radical (unpaired) electrons. The van der Waals surface area contributed by atoms with Crippen molar-refractivity contribution in [1.82, 2.24) is 15.2 Å². The summed E-state index contributed by atoms with van der Waals surface area (Å²) in [5.41, 5.74) is 3.72. The molecule has 1 aromatic heterocycles. The number of nitrogens with one attached hydrogen (secondary N) is 1. The number of aromatic nitrogens is 3. The maximum absolute atomic E-state index is 5.40.